The minimum atomic E-state index is 0.509. The monoisotopic (exact) mass is 254 g/mol. The van der Waals surface area contributed by atoms with Crippen LogP contribution in [0, 0.1) is 5.92 Å². The number of aromatic nitrogens is 1. The van der Waals surface area contributed by atoms with Gasteiger partial charge in [-0.1, -0.05) is 36.3 Å². The standard InChI is InChI=1S/C16H18N2O/c1-2-10-15(18-19-16(10)17)14-12-8-7-9-5-3-4-6-11(9)13(12)14/h3-6,12-14H,2,7-8,17H2,1H3. The Morgan fingerprint density at radius 2 is 2.16 bits per heavy atom. The van der Waals surface area contributed by atoms with E-state index in [2.05, 4.69) is 36.3 Å². The molecule has 2 aromatic rings. The van der Waals surface area contributed by atoms with Crippen LogP contribution in [0.25, 0.3) is 0 Å². The Balaban J connectivity index is 1.74. The number of rotatable bonds is 2. The Morgan fingerprint density at radius 1 is 1.32 bits per heavy atom. The largest absolute Gasteiger partial charge is 0.367 e. The van der Waals surface area contributed by atoms with Crippen molar-refractivity contribution in [3.05, 3.63) is 46.6 Å². The highest BCUT2D eigenvalue weighted by atomic mass is 16.5. The first-order valence-electron chi connectivity index (χ1n) is 7.13. The van der Waals surface area contributed by atoms with Crippen LogP contribution in [0.3, 0.4) is 0 Å². The molecule has 1 aromatic carbocycles. The first-order valence-corrected chi connectivity index (χ1v) is 7.13. The molecule has 2 aliphatic carbocycles. The molecule has 3 heteroatoms. The highest BCUT2D eigenvalue weighted by Crippen LogP contribution is 2.65. The molecule has 0 amide bonds. The Bertz CT molecular complexity index is 631. The lowest BCUT2D eigenvalue weighted by Crippen LogP contribution is -2.00. The van der Waals surface area contributed by atoms with Crippen LogP contribution in [0.5, 0.6) is 0 Å². The summed E-state index contributed by atoms with van der Waals surface area (Å²) in [6.07, 6.45) is 3.37. The minimum Gasteiger partial charge on any atom is -0.367 e. The summed E-state index contributed by atoms with van der Waals surface area (Å²) in [4.78, 5) is 0. The molecule has 0 saturated heterocycles. The molecule has 1 heterocycles. The van der Waals surface area contributed by atoms with Crippen molar-refractivity contribution in [1.29, 1.82) is 0 Å². The molecule has 1 fully saturated rings. The summed E-state index contributed by atoms with van der Waals surface area (Å²) < 4.78 is 5.21. The molecule has 3 atom stereocenters. The molecule has 0 aliphatic heterocycles. The van der Waals surface area contributed by atoms with Crippen molar-refractivity contribution in [3.63, 3.8) is 0 Å². The van der Waals surface area contributed by atoms with Crippen molar-refractivity contribution < 1.29 is 4.52 Å². The second-order valence-electron chi connectivity index (χ2n) is 5.72. The maximum absolute atomic E-state index is 5.87. The van der Waals surface area contributed by atoms with E-state index in [0.717, 1.165) is 23.6 Å². The van der Waals surface area contributed by atoms with Crippen molar-refractivity contribution in [2.24, 2.45) is 5.92 Å². The van der Waals surface area contributed by atoms with E-state index in [9.17, 15) is 0 Å². The summed E-state index contributed by atoms with van der Waals surface area (Å²) in [5.74, 6) is 2.42. The SMILES string of the molecule is CCc1c(C2C3CCc4ccccc4C32)noc1N. The van der Waals surface area contributed by atoms with Crippen LogP contribution in [0.1, 0.15) is 47.6 Å². The Morgan fingerprint density at radius 3 is 3.00 bits per heavy atom. The summed E-state index contributed by atoms with van der Waals surface area (Å²) in [6.45, 7) is 2.12. The lowest BCUT2D eigenvalue weighted by molar-refractivity contribution is 0.426. The van der Waals surface area contributed by atoms with Crippen molar-refractivity contribution in [2.45, 2.75) is 38.0 Å². The van der Waals surface area contributed by atoms with Gasteiger partial charge in [0.15, 0.2) is 0 Å². The van der Waals surface area contributed by atoms with Gasteiger partial charge in [-0.15, -0.1) is 0 Å². The lowest BCUT2D eigenvalue weighted by Gasteiger charge is -2.13. The van der Waals surface area contributed by atoms with E-state index in [1.807, 2.05) is 0 Å². The van der Waals surface area contributed by atoms with Crippen LogP contribution in [-0.2, 0) is 12.8 Å². The summed E-state index contributed by atoms with van der Waals surface area (Å²) in [7, 11) is 0. The van der Waals surface area contributed by atoms with E-state index in [1.54, 1.807) is 0 Å². The smallest absolute Gasteiger partial charge is 0.225 e. The normalized spacial score (nSPS) is 27.7. The molecule has 0 radical (unpaired) electrons. The van der Waals surface area contributed by atoms with Gasteiger partial charge >= 0.3 is 0 Å². The molecule has 3 unspecified atom stereocenters. The zero-order valence-electron chi connectivity index (χ0n) is 11.1. The zero-order valence-corrected chi connectivity index (χ0v) is 11.1. The first-order chi connectivity index (χ1) is 9.31. The van der Waals surface area contributed by atoms with E-state index in [-0.39, 0.29) is 0 Å². The van der Waals surface area contributed by atoms with E-state index in [0.29, 0.717) is 17.7 Å². The summed E-state index contributed by atoms with van der Waals surface area (Å²) in [6, 6.07) is 8.83. The van der Waals surface area contributed by atoms with Gasteiger partial charge in [0.2, 0.25) is 5.88 Å². The van der Waals surface area contributed by atoms with Crippen molar-refractivity contribution in [2.75, 3.05) is 5.73 Å². The number of nitrogen functional groups attached to an aromatic ring is 1. The molecule has 2 aliphatic rings. The predicted octanol–water partition coefficient (Wildman–Crippen LogP) is 3.26. The number of nitrogens with zero attached hydrogens (tertiary/aromatic N) is 1. The van der Waals surface area contributed by atoms with Gasteiger partial charge < -0.3 is 10.3 Å². The molecular weight excluding hydrogens is 236 g/mol. The van der Waals surface area contributed by atoms with Crippen molar-refractivity contribution in [3.8, 4) is 0 Å². The highest BCUT2D eigenvalue weighted by Gasteiger charge is 2.55. The van der Waals surface area contributed by atoms with E-state index in [4.69, 9.17) is 10.3 Å². The van der Waals surface area contributed by atoms with Gasteiger partial charge in [-0.05, 0) is 42.2 Å². The number of benzene rings is 1. The Kier molecular flexibility index (Phi) is 2.25. The third-order valence-electron chi connectivity index (χ3n) is 4.85. The molecule has 0 spiro atoms. The molecule has 1 saturated carbocycles. The lowest BCUT2D eigenvalue weighted by atomic mass is 9.92. The molecule has 3 nitrogen and oxygen atoms in total. The number of anilines is 1. The maximum atomic E-state index is 5.87. The third kappa shape index (κ3) is 1.47. The van der Waals surface area contributed by atoms with Crippen LogP contribution in [0.15, 0.2) is 28.8 Å². The van der Waals surface area contributed by atoms with Crippen LogP contribution >= 0.6 is 0 Å². The van der Waals surface area contributed by atoms with E-state index >= 15 is 0 Å². The zero-order chi connectivity index (χ0) is 13.0. The number of aryl methyl sites for hydroxylation is 1. The second-order valence-corrected chi connectivity index (χ2v) is 5.72. The average molecular weight is 254 g/mol. The average Bonchev–Trinajstić information content (AvgIpc) is 3.07. The molecule has 1 aromatic heterocycles. The Labute approximate surface area is 112 Å². The van der Waals surface area contributed by atoms with Gasteiger partial charge in [0.1, 0.15) is 0 Å². The van der Waals surface area contributed by atoms with Gasteiger partial charge in [0.25, 0.3) is 0 Å². The fourth-order valence-electron chi connectivity index (χ4n) is 3.89. The van der Waals surface area contributed by atoms with Gasteiger partial charge in [-0.3, -0.25) is 0 Å². The quantitative estimate of drug-likeness (QED) is 0.895. The summed E-state index contributed by atoms with van der Waals surface area (Å²) >= 11 is 0. The van der Waals surface area contributed by atoms with Crippen LogP contribution in [0.2, 0.25) is 0 Å². The third-order valence-corrected chi connectivity index (χ3v) is 4.85. The number of fused-ring (bicyclic) bond motifs is 3. The minimum absolute atomic E-state index is 0.509. The van der Waals surface area contributed by atoms with Crippen molar-refractivity contribution in [1.82, 2.24) is 5.16 Å². The molecule has 98 valence electrons. The summed E-state index contributed by atoms with van der Waals surface area (Å²) in [5, 5.41) is 4.25. The fourth-order valence-corrected chi connectivity index (χ4v) is 3.89. The second kappa shape index (κ2) is 3.86. The summed E-state index contributed by atoms with van der Waals surface area (Å²) in [5.41, 5.74) is 11.1. The van der Waals surface area contributed by atoms with Gasteiger partial charge in [0, 0.05) is 11.5 Å². The molecule has 2 N–H and O–H groups in total. The van der Waals surface area contributed by atoms with Crippen LogP contribution < -0.4 is 5.73 Å². The number of hydrogen-bond donors (Lipinski definition) is 1. The Hall–Kier alpha value is -1.77. The fraction of sp³-hybridized carbons (Fsp3) is 0.438. The predicted molar refractivity (Wildman–Crippen MR) is 74.0 cm³/mol. The molecular formula is C16H18N2O. The van der Waals surface area contributed by atoms with Crippen molar-refractivity contribution >= 4 is 5.88 Å². The van der Waals surface area contributed by atoms with E-state index in [1.165, 1.54) is 24.0 Å². The maximum Gasteiger partial charge on any atom is 0.225 e. The van der Waals surface area contributed by atoms with Crippen LogP contribution in [0.4, 0.5) is 5.88 Å². The van der Waals surface area contributed by atoms with Gasteiger partial charge in [0.05, 0.1) is 5.69 Å². The topological polar surface area (TPSA) is 52.0 Å². The number of hydrogen-bond acceptors (Lipinski definition) is 3. The van der Waals surface area contributed by atoms with Crippen LogP contribution in [-0.4, -0.2) is 5.16 Å². The first kappa shape index (κ1) is 11.1. The molecule has 4 rings (SSSR count). The molecule has 0 bridgehead atoms. The van der Waals surface area contributed by atoms with Gasteiger partial charge in [-0.2, -0.15) is 0 Å². The molecule has 19 heavy (non-hydrogen) atoms. The highest BCUT2D eigenvalue weighted by molar-refractivity contribution is 5.49. The van der Waals surface area contributed by atoms with E-state index < -0.39 is 0 Å². The number of nitrogens with two attached hydrogens (primary N) is 1. The van der Waals surface area contributed by atoms with Gasteiger partial charge in [-0.25, -0.2) is 0 Å².